The van der Waals surface area contributed by atoms with Gasteiger partial charge in [-0.15, -0.1) is 12.6 Å². The van der Waals surface area contributed by atoms with Crippen LogP contribution in [-0.2, 0) is 20.7 Å². The zero-order valence-electron chi connectivity index (χ0n) is 11.3. The van der Waals surface area contributed by atoms with Gasteiger partial charge in [-0.1, -0.05) is 12.1 Å². The summed E-state index contributed by atoms with van der Waals surface area (Å²) in [6.07, 6.45) is 2.18. The Bertz CT molecular complexity index is 420. The van der Waals surface area contributed by atoms with Gasteiger partial charge in [0, 0.05) is 17.7 Å². The van der Waals surface area contributed by atoms with Crippen LogP contribution in [0.2, 0.25) is 0 Å². The molecule has 1 aromatic carbocycles. The monoisotopic (exact) mass is 280 g/mol. The van der Waals surface area contributed by atoms with Crippen molar-refractivity contribution in [2.75, 3.05) is 0 Å². The summed E-state index contributed by atoms with van der Waals surface area (Å²) in [7, 11) is 0. The van der Waals surface area contributed by atoms with Gasteiger partial charge in [0.05, 0.1) is 18.6 Å². The van der Waals surface area contributed by atoms with Crippen LogP contribution in [0.1, 0.15) is 32.3 Å². The van der Waals surface area contributed by atoms with Crippen molar-refractivity contribution in [3.63, 3.8) is 0 Å². The van der Waals surface area contributed by atoms with Crippen LogP contribution >= 0.6 is 12.6 Å². The second-order valence-corrected chi connectivity index (χ2v) is 5.70. The van der Waals surface area contributed by atoms with Crippen LogP contribution in [0.25, 0.3) is 0 Å². The Morgan fingerprint density at radius 2 is 1.84 bits per heavy atom. The Hall–Kier alpha value is -1.00. The van der Waals surface area contributed by atoms with Crippen LogP contribution in [0.4, 0.5) is 0 Å². The Morgan fingerprint density at radius 3 is 2.42 bits per heavy atom. The standard InChI is InChI=1S/C15H20O3S/c1-10-7-13(8-11(2)17-10)18-15(16)9-12-3-5-14(19)6-4-12/h3-6,10-11,13,19H,7-9H2,1-2H3. The highest BCUT2D eigenvalue weighted by atomic mass is 32.1. The maximum Gasteiger partial charge on any atom is 0.310 e. The summed E-state index contributed by atoms with van der Waals surface area (Å²) in [6, 6.07) is 7.56. The lowest BCUT2D eigenvalue weighted by Crippen LogP contribution is -2.35. The van der Waals surface area contributed by atoms with Crippen molar-refractivity contribution in [1.82, 2.24) is 0 Å². The average molecular weight is 280 g/mol. The zero-order valence-corrected chi connectivity index (χ0v) is 12.2. The molecule has 1 heterocycles. The molecule has 4 heteroatoms. The smallest absolute Gasteiger partial charge is 0.310 e. The van der Waals surface area contributed by atoms with E-state index in [1.165, 1.54) is 0 Å². The quantitative estimate of drug-likeness (QED) is 0.683. The van der Waals surface area contributed by atoms with Gasteiger partial charge in [0.1, 0.15) is 6.10 Å². The predicted octanol–water partition coefficient (Wildman–Crippen LogP) is 3.02. The summed E-state index contributed by atoms with van der Waals surface area (Å²) in [5.41, 5.74) is 0.955. The second kappa shape index (κ2) is 6.44. The van der Waals surface area contributed by atoms with Gasteiger partial charge in [-0.2, -0.15) is 0 Å². The van der Waals surface area contributed by atoms with Gasteiger partial charge in [0.2, 0.25) is 0 Å². The van der Waals surface area contributed by atoms with E-state index in [0.717, 1.165) is 23.3 Å². The topological polar surface area (TPSA) is 35.5 Å². The van der Waals surface area contributed by atoms with Crippen LogP contribution in [0, 0.1) is 0 Å². The number of benzene rings is 1. The molecule has 2 rings (SSSR count). The minimum atomic E-state index is -0.168. The molecule has 104 valence electrons. The molecule has 1 aliphatic rings. The Kier molecular flexibility index (Phi) is 4.88. The second-order valence-electron chi connectivity index (χ2n) is 5.18. The van der Waals surface area contributed by atoms with E-state index in [1.807, 2.05) is 38.1 Å². The highest BCUT2D eigenvalue weighted by Crippen LogP contribution is 2.22. The SMILES string of the molecule is CC1CC(OC(=O)Cc2ccc(S)cc2)CC(C)O1. The van der Waals surface area contributed by atoms with Crippen LogP contribution < -0.4 is 0 Å². The number of hydrogen-bond donors (Lipinski definition) is 1. The van der Waals surface area contributed by atoms with E-state index in [2.05, 4.69) is 12.6 Å². The van der Waals surface area contributed by atoms with Crippen molar-refractivity contribution < 1.29 is 14.3 Å². The summed E-state index contributed by atoms with van der Waals surface area (Å²) in [5.74, 6) is -0.168. The van der Waals surface area contributed by atoms with Gasteiger partial charge >= 0.3 is 5.97 Å². The molecule has 2 unspecified atom stereocenters. The lowest BCUT2D eigenvalue weighted by molar-refractivity contribution is -0.158. The van der Waals surface area contributed by atoms with E-state index in [0.29, 0.717) is 6.42 Å². The largest absolute Gasteiger partial charge is 0.462 e. The van der Waals surface area contributed by atoms with Gasteiger partial charge in [-0.05, 0) is 31.5 Å². The molecular formula is C15H20O3S. The molecule has 1 aliphatic heterocycles. The molecular weight excluding hydrogens is 260 g/mol. The lowest BCUT2D eigenvalue weighted by Gasteiger charge is -2.31. The minimum Gasteiger partial charge on any atom is -0.462 e. The van der Waals surface area contributed by atoms with Crippen molar-refractivity contribution in [1.29, 1.82) is 0 Å². The summed E-state index contributed by atoms with van der Waals surface area (Å²) in [5, 5.41) is 0. The van der Waals surface area contributed by atoms with E-state index in [1.54, 1.807) is 0 Å². The number of carbonyl (C=O) groups is 1. The molecule has 0 spiro atoms. The predicted molar refractivity (Wildman–Crippen MR) is 76.5 cm³/mol. The van der Waals surface area contributed by atoms with Crippen molar-refractivity contribution in [3.05, 3.63) is 29.8 Å². The van der Waals surface area contributed by atoms with E-state index in [4.69, 9.17) is 9.47 Å². The molecule has 3 nitrogen and oxygen atoms in total. The summed E-state index contributed by atoms with van der Waals surface area (Å²) in [6.45, 7) is 4.03. The first-order valence-electron chi connectivity index (χ1n) is 6.66. The van der Waals surface area contributed by atoms with Gasteiger partial charge in [-0.3, -0.25) is 4.79 Å². The molecule has 1 fully saturated rings. The molecule has 0 radical (unpaired) electrons. The van der Waals surface area contributed by atoms with Crippen LogP contribution in [0.15, 0.2) is 29.2 Å². The van der Waals surface area contributed by atoms with Crippen molar-refractivity contribution in [2.24, 2.45) is 0 Å². The van der Waals surface area contributed by atoms with Gasteiger partial charge < -0.3 is 9.47 Å². The van der Waals surface area contributed by atoms with Crippen LogP contribution in [0.3, 0.4) is 0 Å². The van der Waals surface area contributed by atoms with Gasteiger partial charge in [-0.25, -0.2) is 0 Å². The first-order chi connectivity index (χ1) is 9.02. The third kappa shape index (κ3) is 4.55. The highest BCUT2D eigenvalue weighted by molar-refractivity contribution is 7.80. The van der Waals surface area contributed by atoms with Crippen LogP contribution in [0.5, 0.6) is 0 Å². The van der Waals surface area contributed by atoms with E-state index < -0.39 is 0 Å². The normalized spacial score (nSPS) is 27.0. The lowest BCUT2D eigenvalue weighted by atomic mass is 10.0. The van der Waals surface area contributed by atoms with Crippen molar-refractivity contribution in [3.8, 4) is 0 Å². The first kappa shape index (κ1) is 14.4. The first-order valence-corrected chi connectivity index (χ1v) is 7.10. The number of hydrogen-bond acceptors (Lipinski definition) is 4. The van der Waals surface area contributed by atoms with Crippen LogP contribution in [-0.4, -0.2) is 24.3 Å². The maximum absolute atomic E-state index is 11.9. The average Bonchev–Trinajstić information content (AvgIpc) is 2.30. The Balaban J connectivity index is 1.85. The Labute approximate surface area is 119 Å². The summed E-state index contributed by atoms with van der Waals surface area (Å²) in [4.78, 5) is 12.8. The third-order valence-electron chi connectivity index (χ3n) is 3.24. The van der Waals surface area contributed by atoms with E-state index in [9.17, 15) is 4.79 Å². The molecule has 0 bridgehead atoms. The fourth-order valence-corrected chi connectivity index (χ4v) is 2.60. The number of ether oxygens (including phenoxy) is 2. The van der Waals surface area contributed by atoms with Crippen molar-refractivity contribution >= 4 is 18.6 Å². The molecule has 2 atom stereocenters. The number of esters is 1. The molecule has 1 saturated heterocycles. The van der Waals surface area contributed by atoms with E-state index >= 15 is 0 Å². The summed E-state index contributed by atoms with van der Waals surface area (Å²) >= 11 is 4.22. The molecule has 0 saturated carbocycles. The number of rotatable bonds is 3. The number of thiol groups is 1. The van der Waals surface area contributed by atoms with Gasteiger partial charge in [0.15, 0.2) is 0 Å². The van der Waals surface area contributed by atoms with Crippen molar-refractivity contribution in [2.45, 2.75) is 56.3 Å². The fraction of sp³-hybridized carbons (Fsp3) is 0.533. The molecule has 19 heavy (non-hydrogen) atoms. The highest BCUT2D eigenvalue weighted by Gasteiger charge is 2.27. The fourth-order valence-electron chi connectivity index (χ4n) is 2.45. The zero-order chi connectivity index (χ0) is 13.8. The molecule has 0 aliphatic carbocycles. The summed E-state index contributed by atoms with van der Waals surface area (Å²) < 4.78 is 11.2. The molecule has 1 aromatic rings. The van der Waals surface area contributed by atoms with Gasteiger partial charge in [0.25, 0.3) is 0 Å². The molecule has 0 N–H and O–H groups in total. The molecule has 0 amide bonds. The Morgan fingerprint density at radius 1 is 1.26 bits per heavy atom. The third-order valence-corrected chi connectivity index (χ3v) is 3.54. The molecule has 0 aromatic heterocycles. The minimum absolute atomic E-state index is 0.0181. The maximum atomic E-state index is 11.9. The van der Waals surface area contributed by atoms with E-state index in [-0.39, 0.29) is 24.3 Å². The number of carbonyl (C=O) groups excluding carboxylic acids is 1.